The molecule has 0 amide bonds. The van der Waals surface area contributed by atoms with Crippen LogP contribution in [0.25, 0.3) is 181 Å². The first-order chi connectivity index (χ1) is 54.1. The van der Waals surface area contributed by atoms with Crippen molar-refractivity contribution >= 4 is 114 Å². The summed E-state index contributed by atoms with van der Waals surface area (Å²) in [6.07, 6.45) is 4.93. The lowest BCUT2D eigenvalue weighted by atomic mass is 9.99. The quantitative estimate of drug-likeness (QED) is 0.0754. The second kappa shape index (κ2) is 25.5. The highest BCUT2D eigenvalue weighted by Crippen LogP contribution is 2.50. The van der Waals surface area contributed by atoms with Gasteiger partial charge in [-0.25, -0.2) is 152 Å². The summed E-state index contributed by atoms with van der Waals surface area (Å²) in [6, 6.07) is 3.60. The summed E-state index contributed by atoms with van der Waals surface area (Å²) in [5.74, 6) is -82.6. The number of aromatic amines is 4. The fourth-order valence-corrected chi connectivity index (χ4v) is 14.1. The van der Waals surface area contributed by atoms with Crippen LogP contribution in [0.2, 0.25) is 0 Å². The number of halogens is 30. The largest absolute Gasteiger partial charge is 0.354 e. The minimum Gasteiger partial charge on any atom is -0.354 e. The Morgan fingerprint density at radius 2 is 0.307 bits per heavy atom. The number of H-pyrrole nitrogens is 4. The molecule has 0 saturated heterocycles. The Morgan fingerprint density at radius 3 is 0.491 bits per heavy atom. The van der Waals surface area contributed by atoms with E-state index in [0.29, 0.717) is 72.9 Å². The predicted octanol–water partition coefficient (Wildman–Crippen LogP) is 23.5. The van der Waals surface area contributed by atoms with Crippen molar-refractivity contribution < 1.29 is 132 Å². The summed E-state index contributed by atoms with van der Waals surface area (Å²) in [4.78, 5) is 26.9. The molecule has 0 aliphatic carbocycles. The summed E-state index contributed by atoms with van der Waals surface area (Å²) in [6.45, 7) is 0. The van der Waals surface area contributed by atoms with Gasteiger partial charge in [0.25, 0.3) is 0 Å². The number of rotatable bonds is 6. The molecule has 4 N–H and O–H groups in total. The van der Waals surface area contributed by atoms with Gasteiger partial charge in [-0.2, -0.15) is 0 Å². The first kappa shape index (κ1) is 73.2. The minimum atomic E-state index is -2.86. The molecule has 572 valence electrons. The van der Waals surface area contributed by atoms with Gasteiger partial charge in [0, 0.05) is 88.0 Å². The Bertz CT molecular complexity index is 6650. The van der Waals surface area contributed by atoms with Crippen molar-refractivity contribution in [3.05, 3.63) is 256 Å². The maximum atomic E-state index is 17.0. The summed E-state index contributed by atoms with van der Waals surface area (Å²) < 4.78 is 481. The molecule has 0 atom stereocenters. The van der Waals surface area contributed by atoms with Gasteiger partial charge >= 0.3 is 0 Å². The van der Waals surface area contributed by atoms with Gasteiger partial charge < -0.3 is 19.9 Å². The van der Waals surface area contributed by atoms with E-state index < -0.39 is 353 Å². The molecule has 8 nitrogen and oxygen atoms in total. The van der Waals surface area contributed by atoms with Crippen molar-refractivity contribution in [1.82, 2.24) is 39.9 Å². The molecule has 38 heteroatoms. The van der Waals surface area contributed by atoms with E-state index in [2.05, 4.69) is 39.9 Å². The van der Waals surface area contributed by atoms with Crippen molar-refractivity contribution in [2.24, 2.45) is 0 Å². The first-order valence-corrected chi connectivity index (χ1v) is 31.6. The molecule has 13 aromatic rings. The molecule has 0 unspecified atom stereocenters. The van der Waals surface area contributed by atoms with Crippen molar-refractivity contribution in [3.63, 3.8) is 0 Å². The van der Waals surface area contributed by atoms with Crippen molar-refractivity contribution in [2.45, 2.75) is 0 Å². The molecule has 114 heavy (non-hydrogen) atoms. The van der Waals surface area contributed by atoms with Crippen LogP contribution in [0.4, 0.5) is 132 Å². The molecule has 0 fully saturated rings. The summed E-state index contributed by atoms with van der Waals surface area (Å²) in [5.41, 5.74) is -36.9. The normalized spacial score (nSPS) is 12.7. The zero-order chi connectivity index (χ0) is 81.4. The van der Waals surface area contributed by atoms with Crippen molar-refractivity contribution in [2.75, 3.05) is 0 Å². The van der Waals surface area contributed by atoms with Gasteiger partial charge in [0.2, 0.25) is 34.9 Å². The van der Waals surface area contributed by atoms with Gasteiger partial charge in [-0.3, -0.25) is 0 Å². The molecular weight excluding hydrogens is 1590 g/mol. The molecule has 4 aliphatic rings. The number of nitrogens with one attached hydrogen (secondary N) is 4. The Hall–Kier alpha value is -13.6. The Balaban J connectivity index is 1.18. The second-order valence-electron chi connectivity index (χ2n) is 25.0. The maximum Gasteiger partial charge on any atom is 0.200 e. The van der Waals surface area contributed by atoms with Crippen molar-refractivity contribution in [3.8, 4) is 66.8 Å². The third-order valence-electron chi connectivity index (χ3n) is 19.0. The van der Waals surface area contributed by atoms with Crippen LogP contribution in [0.5, 0.6) is 0 Å². The van der Waals surface area contributed by atoms with E-state index in [1.165, 1.54) is 0 Å². The smallest absolute Gasteiger partial charge is 0.200 e. The maximum absolute atomic E-state index is 17.0. The van der Waals surface area contributed by atoms with E-state index in [1.807, 2.05) is 0 Å². The number of fused-ring (bicyclic) bond motifs is 18. The van der Waals surface area contributed by atoms with Crippen LogP contribution >= 0.6 is 0 Å². The van der Waals surface area contributed by atoms with Crippen LogP contribution in [-0.2, 0) is 0 Å². The van der Waals surface area contributed by atoms with Gasteiger partial charge in [0.15, 0.2) is 140 Å². The minimum absolute atomic E-state index is 0.526. The summed E-state index contributed by atoms with van der Waals surface area (Å²) in [7, 11) is 0. The van der Waals surface area contributed by atoms with Gasteiger partial charge in [0.1, 0.15) is 0 Å². The molecule has 17 rings (SSSR count). The van der Waals surface area contributed by atoms with Gasteiger partial charge in [-0.05, 0) is 85.0 Å². The topological polar surface area (TPSA) is 115 Å². The lowest BCUT2D eigenvalue weighted by Crippen LogP contribution is -2.06. The molecule has 7 aromatic carbocycles. The number of aromatic nitrogens is 8. The highest BCUT2D eigenvalue weighted by Gasteiger charge is 2.39. The van der Waals surface area contributed by atoms with Crippen LogP contribution in [0.3, 0.4) is 0 Å². The second-order valence-corrected chi connectivity index (χ2v) is 25.0. The SMILES string of the molecule is Fc1c(F)c(F)c(-c2c3nc(c(-c4c(F)c(F)c(F)c(F)c4F)c4cc5c([nH]4)c4c6nc(c(-c7c(F)c(F)c(F)c(F)c7F)c7ccc([nH]7)c(-c7c(F)c(F)c(F)c(F)c7F)c7nc(c(-c8c(F)c(F)c(F)c(F)c8F)c8cc4c([nH]8)c5c4nc(c(-c5c(F)c(F)c(F)c(F)c5F)c5ccc2[nH]5)C=C4)C=C7)C=C6)C=C3)c(F)c1F. The van der Waals surface area contributed by atoms with E-state index in [9.17, 15) is 8.78 Å². The van der Waals surface area contributed by atoms with Crippen LogP contribution in [0.15, 0.2) is 36.4 Å². The van der Waals surface area contributed by atoms with E-state index in [4.69, 9.17) is 0 Å². The van der Waals surface area contributed by atoms with Crippen LogP contribution < -0.4 is 0 Å². The Labute approximate surface area is 607 Å². The third-order valence-corrected chi connectivity index (χ3v) is 19.0. The van der Waals surface area contributed by atoms with E-state index in [1.54, 1.807) is 0 Å². The van der Waals surface area contributed by atoms with E-state index in [0.717, 1.165) is 12.2 Å². The molecule has 0 spiro atoms. The van der Waals surface area contributed by atoms with Crippen LogP contribution in [0.1, 0.15) is 45.6 Å². The highest BCUT2D eigenvalue weighted by atomic mass is 19.2. The van der Waals surface area contributed by atoms with Crippen LogP contribution in [-0.4, -0.2) is 39.9 Å². The summed E-state index contributed by atoms with van der Waals surface area (Å²) in [5, 5.41) is -3.12. The first-order valence-electron chi connectivity index (χ1n) is 31.6. The van der Waals surface area contributed by atoms with E-state index >= 15 is 123 Å². The Kier molecular flexibility index (Phi) is 16.4. The lowest BCUT2D eigenvalue weighted by Gasteiger charge is -2.11. The molecule has 0 saturated carbocycles. The molecule has 6 aromatic heterocycles. The summed E-state index contributed by atoms with van der Waals surface area (Å²) >= 11 is 0. The third kappa shape index (κ3) is 10.1. The Morgan fingerprint density at radius 1 is 0.158 bits per heavy atom. The number of hydrogen-bond donors (Lipinski definition) is 4. The molecule has 4 aliphatic heterocycles. The number of nitrogens with zero attached hydrogens (tertiary/aromatic N) is 4. The zero-order valence-corrected chi connectivity index (χ0v) is 54.2. The molecule has 16 bridgehead atoms. The standard InChI is InChI=1S/C76H18F30N8/c77-45-39(46(78)58(90)69(101)57(45)89)33-19-3-1-17(107-19)31-15-13-29(37(43-53(85)65(97)73(105)66(98)54(43)86)27-11-9-25(111-27)35(23-7-5-21(33)109-23)41-49(81)61(93)71(103)62(94)50(41)82)114-76(15)32-16-14-30(113-75(16)31)38(44-55(87)67(99)74(106)68(100)56(44)88)28-12-10-26(112-28)36(42-51(83)63(95)72(104)64(96)52(42)84)24-8-6-22(110-24)34(20-4-2-18(32)108-20)40-47(79)59(91)70(102)60(92)48(40)80/h1-14,109-110,113-114H. The van der Waals surface area contributed by atoms with Crippen LogP contribution in [0, 0.1) is 175 Å². The molecule has 0 radical (unpaired) electrons. The average Bonchev–Trinajstić information content (AvgIpc) is 1.55. The number of hydrogen-bond acceptors (Lipinski definition) is 4. The molecular formula is C76H18F30N8. The fourth-order valence-electron chi connectivity index (χ4n) is 14.1. The average molecular weight is 1610 g/mol. The predicted molar refractivity (Wildman–Crippen MR) is 349 cm³/mol. The van der Waals surface area contributed by atoms with Gasteiger partial charge in [0.05, 0.1) is 90.0 Å². The molecule has 10 heterocycles. The zero-order valence-electron chi connectivity index (χ0n) is 54.2. The van der Waals surface area contributed by atoms with E-state index in [-0.39, 0.29) is 0 Å². The lowest BCUT2D eigenvalue weighted by molar-refractivity contribution is 0.381. The van der Waals surface area contributed by atoms with Crippen molar-refractivity contribution in [1.29, 1.82) is 0 Å². The van der Waals surface area contributed by atoms with Gasteiger partial charge in [-0.15, -0.1) is 0 Å². The van der Waals surface area contributed by atoms with Gasteiger partial charge in [-0.1, -0.05) is 0 Å². The fraction of sp³-hybridized carbons (Fsp3) is 0. The highest BCUT2D eigenvalue weighted by molar-refractivity contribution is 6.29. The number of benzene rings is 7. The monoisotopic (exact) mass is 1610 g/mol.